The highest BCUT2D eigenvalue weighted by Gasteiger charge is 2.23. The number of nitrogens with zero attached hydrogens (tertiary/aromatic N) is 2. The van der Waals surface area contributed by atoms with Gasteiger partial charge in [0, 0.05) is 36.8 Å². The van der Waals surface area contributed by atoms with Crippen molar-refractivity contribution in [1.29, 1.82) is 0 Å². The van der Waals surface area contributed by atoms with Gasteiger partial charge in [0.15, 0.2) is 0 Å². The molecule has 0 bridgehead atoms. The Morgan fingerprint density at radius 1 is 1.50 bits per heavy atom. The van der Waals surface area contributed by atoms with Crippen LogP contribution in [0.1, 0.15) is 12.5 Å². The lowest BCUT2D eigenvalue weighted by molar-refractivity contribution is -0.114. The van der Waals surface area contributed by atoms with Gasteiger partial charge in [-0.3, -0.25) is 9.36 Å². The van der Waals surface area contributed by atoms with Crippen molar-refractivity contribution >= 4 is 57.1 Å². The molecule has 2 aromatic rings. The summed E-state index contributed by atoms with van der Waals surface area (Å²) < 4.78 is 1.65. The van der Waals surface area contributed by atoms with Gasteiger partial charge in [-0.15, -0.1) is 0 Å². The number of nitrogens with one attached hydrogen (secondary N) is 3. The summed E-state index contributed by atoms with van der Waals surface area (Å²) in [5, 5.41) is 14.4. The second kappa shape index (κ2) is 8.29. The summed E-state index contributed by atoms with van der Waals surface area (Å²) in [5.74, 6) is 5.84. The van der Waals surface area contributed by atoms with Gasteiger partial charge in [0.25, 0.3) is 0 Å². The monoisotopic (exact) mass is 425 g/mol. The third kappa shape index (κ3) is 3.89. The van der Waals surface area contributed by atoms with Crippen LogP contribution in [0, 0.1) is 0 Å². The Labute approximate surface area is 171 Å². The number of amides is 1. The van der Waals surface area contributed by atoms with E-state index in [1.165, 1.54) is 18.1 Å². The van der Waals surface area contributed by atoms with Crippen LogP contribution < -0.4 is 27.7 Å². The van der Waals surface area contributed by atoms with E-state index in [-0.39, 0.29) is 29.9 Å². The highest BCUT2D eigenvalue weighted by Crippen LogP contribution is 2.42. The molecule has 3 rings (SSSR count). The maximum Gasteiger partial charge on any atom is 0.221 e. The van der Waals surface area contributed by atoms with E-state index in [0.29, 0.717) is 28.2 Å². The number of hydrazine groups is 2. The molecule has 150 valence electrons. The molecule has 1 aliphatic heterocycles. The van der Waals surface area contributed by atoms with Crippen molar-refractivity contribution in [3.05, 3.63) is 40.3 Å². The number of hydrogen-bond donors (Lipinski definition) is 6. The van der Waals surface area contributed by atoms with E-state index in [1.807, 2.05) is 6.20 Å². The summed E-state index contributed by atoms with van der Waals surface area (Å²) >= 11 is 12.8. The fourth-order valence-electron chi connectivity index (χ4n) is 3.03. The normalized spacial score (nSPS) is 14.2. The third-order valence-corrected chi connectivity index (χ3v) is 4.96. The molecule has 0 unspecified atom stereocenters. The van der Waals surface area contributed by atoms with Gasteiger partial charge in [0.1, 0.15) is 5.82 Å². The molecule has 0 atom stereocenters. The van der Waals surface area contributed by atoms with Gasteiger partial charge in [0.2, 0.25) is 5.91 Å². The van der Waals surface area contributed by atoms with Crippen molar-refractivity contribution in [3.63, 3.8) is 0 Å². The lowest BCUT2D eigenvalue weighted by atomic mass is 10.0. The Kier molecular flexibility index (Phi) is 6.01. The van der Waals surface area contributed by atoms with Gasteiger partial charge < -0.3 is 26.6 Å². The predicted octanol–water partition coefficient (Wildman–Crippen LogP) is 1.24. The summed E-state index contributed by atoms with van der Waals surface area (Å²) in [4.78, 5) is 11.7. The first-order valence-electron chi connectivity index (χ1n) is 8.41. The van der Waals surface area contributed by atoms with Gasteiger partial charge in [-0.25, -0.2) is 11.3 Å². The van der Waals surface area contributed by atoms with Crippen molar-refractivity contribution in [2.24, 2.45) is 11.6 Å². The van der Waals surface area contributed by atoms with E-state index in [1.54, 1.807) is 16.8 Å². The van der Waals surface area contributed by atoms with E-state index in [2.05, 4.69) is 16.2 Å². The number of halogens is 2. The Morgan fingerprint density at radius 2 is 2.25 bits per heavy atom. The quantitative estimate of drug-likeness (QED) is 0.302. The highest BCUT2D eigenvalue weighted by atomic mass is 35.5. The molecule has 28 heavy (non-hydrogen) atoms. The van der Waals surface area contributed by atoms with Crippen LogP contribution >= 0.6 is 23.2 Å². The largest absolute Gasteiger partial charge is 0.394 e. The molecule has 0 radical (unpaired) electrons. The number of nitrogens with two attached hydrogens (primary N) is 2. The zero-order valence-corrected chi connectivity index (χ0v) is 16.6. The van der Waals surface area contributed by atoms with Gasteiger partial charge in [-0.05, 0) is 11.6 Å². The first-order valence-corrected chi connectivity index (χ1v) is 9.17. The van der Waals surface area contributed by atoms with Gasteiger partial charge >= 0.3 is 0 Å². The maximum atomic E-state index is 11.7. The summed E-state index contributed by atoms with van der Waals surface area (Å²) in [5.41, 5.74) is 15.0. The van der Waals surface area contributed by atoms with E-state index < -0.39 is 0 Å². The average molecular weight is 426 g/mol. The number of carbonyl (C=O) groups is 1. The van der Waals surface area contributed by atoms with E-state index in [0.717, 1.165) is 11.1 Å². The van der Waals surface area contributed by atoms with Gasteiger partial charge in [-0.1, -0.05) is 23.2 Å². The molecule has 0 aliphatic carbocycles. The van der Waals surface area contributed by atoms with Crippen LogP contribution in [0.2, 0.25) is 10.0 Å². The fraction of sp³-hybridized carbons (Fsp3) is 0.235. The number of aliphatic hydroxyl groups excluding tert-OH is 1. The molecule has 1 aromatic carbocycles. The van der Waals surface area contributed by atoms with Crippen LogP contribution in [0.15, 0.2) is 24.7 Å². The van der Waals surface area contributed by atoms with Crippen LogP contribution in [-0.4, -0.2) is 40.3 Å². The zero-order valence-electron chi connectivity index (χ0n) is 15.1. The van der Waals surface area contributed by atoms with E-state index in [9.17, 15) is 4.79 Å². The molecular formula is C17H21Cl2N7O2. The summed E-state index contributed by atoms with van der Waals surface area (Å²) in [6.07, 6.45) is 5.10. The van der Waals surface area contributed by atoms with Crippen LogP contribution in [0.3, 0.4) is 0 Å². The van der Waals surface area contributed by atoms with Crippen molar-refractivity contribution in [2.45, 2.75) is 6.92 Å². The molecule has 1 aliphatic rings. The number of carbonyl (C=O) groups excluding carboxylic acids is 1. The number of rotatable bonds is 6. The predicted molar refractivity (Wildman–Crippen MR) is 112 cm³/mol. The van der Waals surface area contributed by atoms with Gasteiger partial charge in [-0.2, -0.15) is 0 Å². The minimum Gasteiger partial charge on any atom is -0.394 e. The smallest absolute Gasteiger partial charge is 0.221 e. The summed E-state index contributed by atoms with van der Waals surface area (Å²) in [7, 11) is 0. The first kappa shape index (κ1) is 20.3. The number of benzene rings is 1. The second-order valence-electron chi connectivity index (χ2n) is 6.22. The number of hydrogen-bond acceptors (Lipinski definition) is 7. The Balaban J connectivity index is 2.30. The minimum absolute atomic E-state index is 0.124. The van der Waals surface area contributed by atoms with Crippen molar-refractivity contribution in [3.8, 4) is 0 Å². The Bertz CT molecular complexity index is 984. The zero-order chi connectivity index (χ0) is 20.4. The molecule has 11 heteroatoms. The van der Waals surface area contributed by atoms with Crippen molar-refractivity contribution < 1.29 is 9.90 Å². The van der Waals surface area contributed by atoms with Crippen LogP contribution in [0.5, 0.6) is 0 Å². The molecule has 1 aromatic heterocycles. The average Bonchev–Trinajstić information content (AvgIpc) is 3.26. The van der Waals surface area contributed by atoms with Crippen molar-refractivity contribution in [1.82, 2.24) is 20.4 Å². The topological polar surface area (TPSA) is 134 Å². The van der Waals surface area contributed by atoms with Crippen LogP contribution in [0.25, 0.3) is 22.3 Å². The number of anilines is 1. The molecule has 9 nitrogen and oxygen atoms in total. The maximum absolute atomic E-state index is 11.7. The molecule has 0 saturated carbocycles. The number of fused-ring (bicyclic) bond motifs is 1. The lowest BCUT2D eigenvalue weighted by Gasteiger charge is -2.15. The molecule has 8 N–H and O–H groups in total. The Hall–Kier alpha value is -2.43. The molecule has 0 fully saturated rings. The lowest BCUT2D eigenvalue weighted by Crippen LogP contribution is -2.29. The second-order valence-corrected chi connectivity index (χ2v) is 7.01. The molecule has 0 saturated heterocycles. The van der Waals surface area contributed by atoms with E-state index >= 15 is 0 Å². The van der Waals surface area contributed by atoms with Crippen LogP contribution in [-0.2, 0) is 4.79 Å². The number of aliphatic hydroxyl groups is 1. The number of aromatic nitrogens is 1. The van der Waals surface area contributed by atoms with Crippen molar-refractivity contribution in [2.75, 3.05) is 25.0 Å². The third-order valence-electron chi connectivity index (χ3n) is 4.18. The standard InChI is InChI=1S/C17H21Cl2N7O2/c1-9(28)24-13-4-12(18)16(19)17-15(13)11(10-5-22-23-6-10)7-26(17)14(20)8-25(21)2-3-27/h4-5,7-8,22-23,27H,2-3,6,20-21H2,1H3,(H,24,28)/b14-8+. The summed E-state index contributed by atoms with van der Waals surface area (Å²) in [6, 6.07) is 1.61. The van der Waals surface area contributed by atoms with Crippen LogP contribution in [0.4, 0.5) is 5.69 Å². The Morgan fingerprint density at radius 3 is 2.86 bits per heavy atom. The fourth-order valence-corrected chi connectivity index (χ4v) is 3.46. The van der Waals surface area contributed by atoms with Gasteiger partial charge in [0.05, 0.1) is 40.6 Å². The molecule has 2 heterocycles. The SMILES string of the molecule is CC(=O)Nc1cc(Cl)c(Cl)c2c1c(C1=CNNC1)cn2/C(N)=C/N(N)CCO. The first-order chi connectivity index (χ1) is 13.3. The highest BCUT2D eigenvalue weighted by molar-refractivity contribution is 6.46. The van der Waals surface area contributed by atoms with E-state index in [4.69, 9.17) is 39.9 Å². The molecule has 1 amide bonds. The minimum atomic E-state index is -0.241. The molecule has 0 spiro atoms. The molecular weight excluding hydrogens is 405 g/mol. The summed E-state index contributed by atoms with van der Waals surface area (Å²) in [6.45, 7) is 2.06.